The number of nitrogens with one attached hydrogen (secondary N) is 1. The maximum absolute atomic E-state index is 11.8. The molecule has 3 N–H and O–H groups in total. The van der Waals surface area contributed by atoms with Crippen LogP contribution in [0, 0.1) is 5.92 Å². The lowest BCUT2D eigenvalue weighted by atomic mass is 10.1. The molecule has 1 aromatic heterocycles. The van der Waals surface area contributed by atoms with Crippen LogP contribution in [0.15, 0.2) is 24.5 Å². The van der Waals surface area contributed by atoms with Gasteiger partial charge in [0.15, 0.2) is 0 Å². The molecule has 1 fully saturated rings. The van der Waals surface area contributed by atoms with E-state index >= 15 is 0 Å². The van der Waals surface area contributed by atoms with E-state index in [1.165, 1.54) is 4.31 Å². The standard InChI is InChI=1S/C10H16N4O2S/c11-4-10-6-13-17(15,16)14(8-10)7-9-2-1-3-12-5-9/h1-3,5,10,13H,4,6-8,11H2. The molecule has 0 radical (unpaired) electrons. The van der Waals surface area contributed by atoms with Crippen molar-refractivity contribution in [1.29, 1.82) is 0 Å². The molecule has 0 aliphatic carbocycles. The Kier molecular flexibility index (Phi) is 3.72. The molecule has 1 aliphatic rings. The first-order valence-corrected chi connectivity index (χ1v) is 6.89. The van der Waals surface area contributed by atoms with E-state index in [4.69, 9.17) is 5.73 Å². The minimum absolute atomic E-state index is 0.162. The highest BCUT2D eigenvalue weighted by Crippen LogP contribution is 2.14. The lowest BCUT2D eigenvalue weighted by molar-refractivity contribution is 0.306. The van der Waals surface area contributed by atoms with Gasteiger partial charge in [-0.1, -0.05) is 6.07 Å². The van der Waals surface area contributed by atoms with Crippen LogP contribution in [-0.4, -0.2) is 37.3 Å². The molecule has 2 rings (SSSR count). The maximum Gasteiger partial charge on any atom is 0.279 e. The van der Waals surface area contributed by atoms with Gasteiger partial charge in [0.1, 0.15) is 0 Å². The summed E-state index contributed by atoms with van der Waals surface area (Å²) in [5.41, 5.74) is 6.44. The van der Waals surface area contributed by atoms with Crippen molar-refractivity contribution in [2.75, 3.05) is 19.6 Å². The summed E-state index contributed by atoms with van der Waals surface area (Å²) < 4.78 is 27.5. The fourth-order valence-corrected chi connectivity index (χ4v) is 3.12. The summed E-state index contributed by atoms with van der Waals surface area (Å²) in [6, 6.07) is 3.65. The van der Waals surface area contributed by atoms with Crippen LogP contribution in [0.1, 0.15) is 5.56 Å². The van der Waals surface area contributed by atoms with Gasteiger partial charge < -0.3 is 5.73 Å². The second kappa shape index (κ2) is 5.09. The van der Waals surface area contributed by atoms with E-state index in [9.17, 15) is 8.42 Å². The van der Waals surface area contributed by atoms with Crippen molar-refractivity contribution in [3.8, 4) is 0 Å². The molecule has 0 bridgehead atoms. The third kappa shape index (κ3) is 3.01. The molecular formula is C10H16N4O2S. The van der Waals surface area contributed by atoms with Crippen LogP contribution in [-0.2, 0) is 16.8 Å². The van der Waals surface area contributed by atoms with Gasteiger partial charge in [-0.3, -0.25) is 4.98 Å². The van der Waals surface area contributed by atoms with Crippen LogP contribution in [0.3, 0.4) is 0 Å². The maximum atomic E-state index is 11.8. The second-order valence-electron chi connectivity index (χ2n) is 4.11. The monoisotopic (exact) mass is 256 g/mol. The highest BCUT2D eigenvalue weighted by atomic mass is 32.2. The summed E-state index contributed by atoms with van der Waals surface area (Å²) in [4.78, 5) is 3.97. The summed E-state index contributed by atoms with van der Waals surface area (Å²) in [7, 11) is -3.36. The Morgan fingerprint density at radius 2 is 2.41 bits per heavy atom. The largest absolute Gasteiger partial charge is 0.330 e. The van der Waals surface area contributed by atoms with Crippen molar-refractivity contribution in [2.24, 2.45) is 11.7 Å². The van der Waals surface area contributed by atoms with Gasteiger partial charge in [0.2, 0.25) is 0 Å². The van der Waals surface area contributed by atoms with Gasteiger partial charge >= 0.3 is 0 Å². The Labute approximate surface area is 101 Å². The first-order chi connectivity index (χ1) is 8.12. The molecule has 17 heavy (non-hydrogen) atoms. The molecule has 94 valence electrons. The van der Waals surface area contributed by atoms with E-state index in [0.29, 0.717) is 26.2 Å². The van der Waals surface area contributed by atoms with E-state index in [2.05, 4.69) is 9.71 Å². The van der Waals surface area contributed by atoms with Crippen molar-refractivity contribution in [3.05, 3.63) is 30.1 Å². The zero-order chi connectivity index (χ0) is 12.3. The summed E-state index contributed by atoms with van der Waals surface area (Å²) >= 11 is 0. The van der Waals surface area contributed by atoms with Gasteiger partial charge in [0, 0.05) is 32.0 Å². The van der Waals surface area contributed by atoms with Gasteiger partial charge in [-0.05, 0) is 24.1 Å². The molecule has 1 aromatic rings. The molecule has 6 nitrogen and oxygen atoms in total. The van der Waals surface area contributed by atoms with Crippen LogP contribution in [0.4, 0.5) is 0 Å². The van der Waals surface area contributed by atoms with Crippen LogP contribution < -0.4 is 10.5 Å². The highest BCUT2D eigenvalue weighted by Gasteiger charge is 2.30. The molecule has 0 saturated carbocycles. The highest BCUT2D eigenvalue weighted by molar-refractivity contribution is 7.87. The van der Waals surface area contributed by atoms with Gasteiger partial charge in [-0.15, -0.1) is 0 Å². The van der Waals surface area contributed by atoms with E-state index in [1.54, 1.807) is 18.5 Å². The first-order valence-electron chi connectivity index (χ1n) is 5.45. The molecule has 7 heteroatoms. The zero-order valence-corrected chi connectivity index (χ0v) is 10.2. The molecule has 2 heterocycles. The summed E-state index contributed by atoms with van der Waals surface area (Å²) in [6.45, 7) is 1.69. The molecule has 0 amide bonds. The number of hydrogen-bond acceptors (Lipinski definition) is 4. The van der Waals surface area contributed by atoms with Crippen LogP contribution in [0.5, 0.6) is 0 Å². The van der Waals surface area contributed by atoms with E-state index < -0.39 is 10.2 Å². The average Bonchev–Trinajstić information content (AvgIpc) is 2.33. The Balaban J connectivity index is 2.12. The van der Waals surface area contributed by atoms with Crippen molar-refractivity contribution in [2.45, 2.75) is 6.54 Å². The summed E-state index contributed by atoms with van der Waals surface area (Å²) in [5.74, 6) is 0.162. The molecule has 1 saturated heterocycles. The molecule has 1 aliphatic heterocycles. The predicted molar refractivity (Wildman–Crippen MR) is 64.1 cm³/mol. The lowest BCUT2D eigenvalue weighted by Crippen LogP contribution is -2.52. The fourth-order valence-electron chi connectivity index (χ4n) is 1.77. The second-order valence-corrected chi connectivity index (χ2v) is 5.86. The topological polar surface area (TPSA) is 88.3 Å². The van der Waals surface area contributed by atoms with Gasteiger partial charge in [0.25, 0.3) is 10.2 Å². The predicted octanol–water partition coefficient (Wildman–Crippen LogP) is -0.693. The van der Waals surface area contributed by atoms with Crippen LogP contribution in [0.2, 0.25) is 0 Å². The van der Waals surface area contributed by atoms with Crippen molar-refractivity contribution < 1.29 is 8.42 Å². The van der Waals surface area contributed by atoms with E-state index in [0.717, 1.165) is 5.56 Å². The van der Waals surface area contributed by atoms with Crippen molar-refractivity contribution in [3.63, 3.8) is 0 Å². The van der Waals surface area contributed by atoms with Crippen molar-refractivity contribution >= 4 is 10.2 Å². The number of nitrogens with two attached hydrogens (primary N) is 1. The molecule has 0 spiro atoms. The smallest absolute Gasteiger partial charge is 0.279 e. The first kappa shape index (κ1) is 12.4. The quantitative estimate of drug-likeness (QED) is 0.749. The van der Waals surface area contributed by atoms with E-state index in [1.807, 2.05) is 6.07 Å². The Hall–Kier alpha value is -1.02. The van der Waals surface area contributed by atoms with E-state index in [-0.39, 0.29) is 5.92 Å². The molecule has 1 unspecified atom stereocenters. The average molecular weight is 256 g/mol. The minimum Gasteiger partial charge on any atom is -0.330 e. The van der Waals surface area contributed by atoms with Crippen molar-refractivity contribution in [1.82, 2.24) is 14.0 Å². The normalized spacial score (nSPS) is 24.6. The number of nitrogens with zero attached hydrogens (tertiary/aromatic N) is 2. The minimum atomic E-state index is -3.36. The number of aromatic nitrogens is 1. The summed E-state index contributed by atoms with van der Waals surface area (Å²) in [5, 5.41) is 0. The third-order valence-electron chi connectivity index (χ3n) is 2.77. The zero-order valence-electron chi connectivity index (χ0n) is 9.41. The molecular weight excluding hydrogens is 240 g/mol. The van der Waals surface area contributed by atoms with Crippen LogP contribution in [0.25, 0.3) is 0 Å². The SMILES string of the molecule is NCC1CNS(=O)(=O)N(Cc2cccnc2)C1. The fraction of sp³-hybridized carbons (Fsp3) is 0.500. The number of rotatable bonds is 3. The molecule has 1 atom stereocenters. The lowest BCUT2D eigenvalue weighted by Gasteiger charge is -2.31. The van der Waals surface area contributed by atoms with Gasteiger partial charge in [0.05, 0.1) is 0 Å². The third-order valence-corrected chi connectivity index (χ3v) is 4.26. The Bertz CT molecular complexity index is 462. The van der Waals surface area contributed by atoms with Gasteiger partial charge in [-0.25, -0.2) is 4.72 Å². The summed E-state index contributed by atoms with van der Waals surface area (Å²) in [6.07, 6.45) is 3.33. The van der Waals surface area contributed by atoms with Gasteiger partial charge in [-0.2, -0.15) is 12.7 Å². The Morgan fingerprint density at radius 3 is 3.06 bits per heavy atom. The molecule has 0 aromatic carbocycles. The number of hydrogen-bond donors (Lipinski definition) is 2. The van der Waals surface area contributed by atoms with Crippen LogP contribution >= 0.6 is 0 Å². The number of pyridine rings is 1. The Morgan fingerprint density at radius 1 is 1.59 bits per heavy atom.